The third-order valence-electron chi connectivity index (χ3n) is 3.10. The number of hydrogen-bond donors (Lipinski definition) is 2. The highest BCUT2D eigenvalue weighted by Gasteiger charge is 2.18. The van der Waals surface area contributed by atoms with E-state index in [1.54, 1.807) is 0 Å². The quantitative estimate of drug-likeness (QED) is 0.804. The summed E-state index contributed by atoms with van der Waals surface area (Å²) in [4.78, 5) is 0. The summed E-state index contributed by atoms with van der Waals surface area (Å²) in [5, 5.41) is 11.0. The van der Waals surface area contributed by atoms with Crippen molar-refractivity contribution in [3.05, 3.63) is 42.1 Å². The monoisotopic (exact) mass is 213 g/mol. The van der Waals surface area contributed by atoms with Gasteiger partial charge in [-0.1, -0.05) is 30.3 Å². The number of aromatic amines is 1. The third kappa shape index (κ3) is 1.74. The molecule has 3 nitrogen and oxygen atoms in total. The van der Waals surface area contributed by atoms with Crippen LogP contribution in [0.1, 0.15) is 24.6 Å². The van der Waals surface area contributed by atoms with Gasteiger partial charge in [0.15, 0.2) is 0 Å². The summed E-state index contributed by atoms with van der Waals surface area (Å²) in [6.45, 7) is 1.12. The third-order valence-corrected chi connectivity index (χ3v) is 3.10. The molecule has 1 saturated heterocycles. The standard InChI is InChI=1S/C13H15N3/c1-2-5-10(6-3-1)12-9-13(16-15-12)11-7-4-8-14-11/h1-3,5-6,9,11,14H,4,7-8H2,(H,15,16). The lowest BCUT2D eigenvalue weighted by molar-refractivity contribution is 0.625. The fourth-order valence-corrected chi connectivity index (χ4v) is 2.22. The van der Waals surface area contributed by atoms with Crippen LogP contribution in [-0.4, -0.2) is 16.7 Å². The number of nitrogens with one attached hydrogen (secondary N) is 2. The van der Waals surface area contributed by atoms with Gasteiger partial charge in [0.1, 0.15) is 0 Å². The zero-order chi connectivity index (χ0) is 10.8. The largest absolute Gasteiger partial charge is 0.309 e. The molecule has 1 aromatic carbocycles. The maximum Gasteiger partial charge on any atom is 0.0924 e. The number of rotatable bonds is 2. The van der Waals surface area contributed by atoms with Crippen LogP contribution in [0.5, 0.6) is 0 Å². The van der Waals surface area contributed by atoms with Crippen LogP contribution >= 0.6 is 0 Å². The molecule has 1 aliphatic rings. The van der Waals surface area contributed by atoms with Crippen molar-refractivity contribution >= 4 is 0 Å². The van der Waals surface area contributed by atoms with Crippen molar-refractivity contribution in [1.29, 1.82) is 0 Å². The van der Waals surface area contributed by atoms with Crippen LogP contribution in [0, 0.1) is 0 Å². The summed E-state index contributed by atoms with van der Waals surface area (Å²) in [5.41, 5.74) is 3.41. The van der Waals surface area contributed by atoms with E-state index < -0.39 is 0 Å². The second kappa shape index (κ2) is 4.10. The highest BCUT2D eigenvalue weighted by molar-refractivity contribution is 5.59. The van der Waals surface area contributed by atoms with Gasteiger partial charge in [0, 0.05) is 11.6 Å². The van der Waals surface area contributed by atoms with Crippen molar-refractivity contribution < 1.29 is 0 Å². The van der Waals surface area contributed by atoms with Gasteiger partial charge in [-0.05, 0) is 25.5 Å². The van der Waals surface area contributed by atoms with Gasteiger partial charge in [0.05, 0.1) is 11.4 Å². The van der Waals surface area contributed by atoms with E-state index in [4.69, 9.17) is 0 Å². The van der Waals surface area contributed by atoms with Crippen molar-refractivity contribution in [2.45, 2.75) is 18.9 Å². The Morgan fingerprint density at radius 1 is 1.19 bits per heavy atom. The van der Waals surface area contributed by atoms with E-state index in [-0.39, 0.29) is 0 Å². The first-order valence-electron chi connectivity index (χ1n) is 5.77. The molecule has 1 atom stereocenters. The minimum absolute atomic E-state index is 0.463. The molecular formula is C13H15N3. The number of benzene rings is 1. The molecule has 0 bridgehead atoms. The molecule has 16 heavy (non-hydrogen) atoms. The van der Waals surface area contributed by atoms with E-state index in [9.17, 15) is 0 Å². The first kappa shape index (κ1) is 9.60. The van der Waals surface area contributed by atoms with Crippen LogP contribution in [0.4, 0.5) is 0 Å². The summed E-state index contributed by atoms with van der Waals surface area (Å²) in [7, 11) is 0. The van der Waals surface area contributed by atoms with E-state index in [2.05, 4.69) is 33.7 Å². The zero-order valence-corrected chi connectivity index (χ0v) is 9.11. The van der Waals surface area contributed by atoms with Crippen molar-refractivity contribution in [2.75, 3.05) is 6.54 Å². The van der Waals surface area contributed by atoms with Gasteiger partial charge >= 0.3 is 0 Å². The Balaban J connectivity index is 1.87. The van der Waals surface area contributed by atoms with Gasteiger partial charge in [-0.25, -0.2) is 0 Å². The Morgan fingerprint density at radius 3 is 2.81 bits per heavy atom. The Labute approximate surface area is 94.9 Å². The maximum absolute atomic E-state index is 4.37. The Morgan fingerprint density at radius 2 is 2.06 bits per heavy atom. The number of H-pyrrole nitrogens is 1. The van der Waals surface area contributed by atoms with Gasteiger partial charge < -0.3 is 5.32 Å². The molecule has 0 aliphatic carbocycles. The van der Waals surface area contributed by atoms with Gasteiger partial charge in [-0.3, -0.25) is 5.10 Å². The number of aromatic nitrogens is 2. The van der Waals surface area contributed by atoms with Crippen LogP contribution < -0.4 is 5.32 Å². The molecule has 0 saturated carbocycles. The van der Waals surface area contributed by atoms with E-state index in [1.165, 1.54) is 24.1 Å². The van der Waals surface area contributed by atoms with E-state index in [0.29, 0.717) is 6.04 Å². The Bertz CT molecular complexity index is 455. The van der Waals surface area contributed by atoms with Crippen LogP contribution in [0.2, 0.25) is 0 Å². The molecule has 1 fully saturated rings. The first-order chi connectivity index (χ1) is 7.93. The topological polar surface area (TPSA) is 40.7 Å². The highest BCUT2D eigenvalue weighted by Crippen LogP contribution is 2.25. The number of hydrogen-bond acceptors (Lipinski definition) is 2. The zero-order valence-electron chi connectivity index (χ0n) is 9.11. The van der Waals surface area contributed by atoms with Gasteiger partial charge in [0.25, 0.3) is 0 Å². The maximum atomic E-state index is 4.37. The van der Waals surface area contributed by atoms with Crippen LogP contribution in [-0.2, 0) is 0 Å². The summed E-state index contributed by atoms with van der Waals surface area (Å²) in [6.07, 6.45) is 2.46. The van der Waals surface area contributed by atoms with Crippen molar-refractivity contribution in [1.82, 2.24) is 15.5 Å². The molecule has 82 valence electrons. The Hall–Kier alpha value is -1.61. The lowest BCUT2D eigenvalue weighted by atomic mass is 10.1. The molecule has 1 unspecified atom stereocenters. The Kier molecular flexibility index (Phi) is 2.46. The molecular weight excluding hydrogens is 198 g/mol. The van der Waals surface area contributed by atoms with Crippen LogP contribution in [0.3, 0.4) is 0 Å². The average molecular weight is 213 g/mol. The lowest BCUT2D eigenvalue weighted by Crippen LogP contribution is -2.12. The molecule has 0 radical (unpaired) electrons. The smallest absolute Gasteiger partial charge is 0.0924 e. The van der Waals surface area contributed by atoms with Gasteiger partial charge in [0.2, 0.25) is 0 Å². The lowest BCUT2D eigenvalue weighted by Gasteiger charge is -2.05. The van der Waals surface area contributed by atoms with E-state index in [1.807, 2.05) is 18.2 Å². The van der Waals surface area contributed by atoms with Gasteiger partial charge in [-0.2, -0.15) is 5.10 Å². The molecule has 0 spiro atoms. The first-order valence-corrected chi connectivity index (χ1v) is 5.77. The summed E-state index contributed by atoms with van der Waals surface area (Å²) < 4.78 is 0. The molecule has 2 N–H and O–H groups in total. The average Bonchev–Trinajstić information content (AvgIpc) is 3.01. The number of nitrogens with zero attached hydrogens (tertiary/aromatic N) is 1. The predicted molar refractivity (Wildman–Crippen MR) is 64.0 cm³/mol. The summed E-state index contributed by atoms with van der Waals surface area (Å²) >= 11 is 0. The van der Waals surface area contributed by atoms with E-state index >= 15 is 0 Å². The minimum atomic E-state index is 0.463. The van der Waals surface area contributed by atoms with Gasteiger partial charge in [-0.15, -0.1) is 0 Å². The van der Waals surface area contributed by atoms with Crippen molar-refractivity contribution in [3.63, 3.8) is 0 Å². The predicted octanol–water partition coefficient (Wildman–Crippen LogP) is 2.50. The second-order valence-corrected chi connectivity index (χ2v) is 4.22. The summed E-state index contributed by atoms with van der Waals surface area (Å²) in [5.74, 6) is 0. The molecule has 2 aromatic rings. The SMILES string of the molecule is c1ccc(-c2cc(C3CCCN3)[nH]n2)cc1. The van der Waals surface area contributed by atoms with Crippen molar-refractivity contribution in [2.24, 2.45) is 0 Å². The second-order valence-electron chi connectivity index (χ2n) is 4.22. The highest BCUT2D eigenvalue weighted by atomic mass is 15.1. The molecule has 3 heteroatoms. The normalized spacial score (nSPS) is 20.1. The van der Waals surface area contributed by atoms with Crippen molar-refractivity contribution in [3.8, 4) is 11.3 Å². The van der Waals surface area contributed by atoms with Crippen LogP contribution in [0.15, 0.2) is 36.4 Å². The minimum Gasteiger partial charge on any atom is -0.309 e. The molecule has 2 heterocycles. The molecule has 1 aliphatic heterocycles. The van der Waals surface area contributed by atoms with E-state index in [0.717, 1.165) is 12.2 Å². The fraction of sp³-hybridized carbons (Fsp3) is 0.308. The summed E-state index contributed by atoms with van der Waals surface area (Å²) in [6, 6.07) is 12.9. The fourth-order valence-electron chi connectivity index (χ4n) is 2.22. The molecule has 3 rings (SSSR count). The van der Waals surface area contributed by atoms with Crippen LogP contribution in [0.25, 0.3) is 11.3 Å². The molecule has 0 amide bonds. The molecule has 1 aromatic heterocycles.